The average molecular weight is 148 g/mol. The van der Waals surface area contributed by atoms with Crippen LogP contribution in [0, 0.1) is 19.0 Å². The molecule has 0 aromatic carbocycles. The summed E-state index contributed by atoms with van der Waals surface area (Å²) in [4.78, 5) is 3.98. The van der Waals surface area contributed by atoms with Gasteiger partial charge in [-0.2, -0.15) is 0 Å². The van der Waals surface area contributed by atoms with Gasteiger partial charge in [0.2, 0.25) is 0 Å². The Bertz CT molecular complexity index is 279. The summed E-state index contributed by atoms with van der Waals surface area (Å²) >= 11 is 0. The summed E-state index contributed by atoms with van der Waals surface area (Å²) in [6.45, 7) is 3.67. The van der Waals surface area contributed by atoms with Crippen molar-refractivity contribution in [3.8, 4) is 12.1 Å². The van der Waals surface area contributed by atoms with E-state index in [2.05, 4.69) is 17.8 Å². The van der Waals surface area contributed by atoms with Crippen LogP contribution in [0.5, 0.6) is 0 Å². The van der Waals surface area contributed by atoms with Crippen molar-refractivity contribution in [3.05, 3.63) is 36.5 Å². The number of pyridine rings is 1. The Hall–Kier alpha value is -1.36. The monoisotopic (exact) mass is 148 g/mol. The first-order valence-electron chi connectivity index (χ1n) is 3.18. The van der Waals surface area contributed by atoms with Crippen LogP contribution in [-0.4, -0.2) is 4.98 Å². The Balaban J connectivity index is 2.71. The number of hydrogen-bond acceptors (Lipinski definition) is 1. The number of nitrogens with zero attached hydrogens (tertiary/aromatic N) is 1. The van der Waals surface area contributed by atoms with Gasteiger partial charge in [-0.1, -0.05) is 12.0 Å². The van der Waals surface area contributed by atoms with Gasteiger partial charge in [0.1, 0.15) is 6.17 Å². The van der Waals surface area contributed by atoms with Crippen molar-refractivity contribution in [2.45, 2.75) is 6.42 Å². The smallest absolute Gasteiger partial charge is 0.106 e. The molecule has 1 radical (unpaired) electrons. The molecule has 0 aliphatic heterocycles. The van der Waals surface area contributed by atoms with Crippen molar-refractivity contribution in [3.63, 3.8) is 0 Å². The largest absolute Gasteiger partial charge is 0.260 e. The molecular formula is C9H7FN. The molecule has 0 atom stereocenters. The van der Waals surface area contributed by atoms with E-state index in [0.29, 0.717) is 6.42 Å². The zero-order valence-electron chi connectivity index (χ0n) is 5.97. The summed E-state index contributed by atoms with van der Waals surface area (Å²) in [6, 6.07) is 3.61. The van der Waals surface area contributed by atoms with Gasteiger partial charge in [-0.25, -0.2) is 0 Å². The molecule has 11 heavy (non-hydrogen) atoms. The molecule has 1 aromatic rings. The third-order valence-electron chi connectivity index (χ3n) is 1.22. The molecule has 1 rings (SSSR count). The van der Waals surface area contributed by atoms with Crippen molar-refractivity contribution in [2.75, 3.05) is 0 Å². The molecule has 55 valence electrons. The number of aromatic nitrogens is 1. The van der Waals surface area contributed by atoms with Crippen LogP contribution in [0.1, 0.15) is 11.3 Å². The maximum atomic E-state index is 11.4. The molecule has 0 spiro atoms. The molecule has 0 saturated carbocycles. The normalized spacial score (nSPS) is 8.55. The van der Waals surface area contributed by atoms with Crippen LogP contribution in [-0.2, 0) is 6.42 Å². The maximum absolute atomic E-state index is 11.4. The second-order valence-electron chi connectivity index (χ2n) is 2.11. The molecular weight excluding hydrogens is 141 g/mol. The molecule has 0 saturated heterocycles. The van der Waals surface area contributed by atoms with Crippen LogP contribution < -0.4 is 0 Å². The van der Waals surface area contributed by atoms with E-state index in [1.165, 1.54) is 6.17 Å². The summed E-state index contributed by atoms with van der Waals surface area (Å²) in [6.07, 6.45) is 3.32. The third-order valence-corrected chi connectivity index (χ3v) is 1.22. The Labute approximate surface area is 65.3 Å². The highest BCUT2D eigenvalue weighted by Gasteiger charge is 1.89. The van der Waals surface area contributed by atoms with E-state index in [1.807, 2.05) is 6.07 Å². The molecule has 1 nitrogen and oxygen atoms in total. The van der Waals surface area contributed by atoms with Gasteiger partial charge in [0.15, 0.2) is 0 Å². The lowest BCUT2D eigenvalue weighted by Crippen LogP contribution is -1.86. The standard InChI is InChI=1S/C9H7FN/c1-8-4-5-9(11-7-8)3-2-6-10/h4-5,7H,1,3H2. The van der Waals surface area contributed by atoms with Gasteiger partial charge in [-0.15, -0.1) is 4.39 Å². The summed E-state index contributed by atoms with van der Waals surface area (Å²) in [7, 11) is 0. The molecule has 0 N–H and O–H groups in total. The van der Waals surface area contributed by atoms with Crippen molar-refractivity contribution in [1.82, 2.24) is 4.98 Å². The van der Waals surface area contributed by atoms with Gasteiger partial charge in [0, 0.05) is 6.20 Å². The number of rotatable bonds is 1. The quantitative estimate of drug-likeness (QED) is 0.553. The van der Waals surface area contributed by atoms with Crippen molar-refractivity contribution in [1.29, 1.82) is 0 Å². The van der Waals surface area contributed by atoms with Gasteiger partial charge in [0.25, 0.3) is 0 Å². The second-order valence-corrected chi connectivity index (χ2v) is 2.11. The minimum Gasteiger partial charge on any atom is -0.260 e. The minimum atomic E-state index is 0.358. The molecule has 0 aliphatic carbocycles. The highest BCUT2D eigenvalue weighted by Crippen LogP contribution is 1.98. The Morgan fingerprint density at radius 2 is 2.36 bits per heavy atom. The molecule has 1 heterocycles. The second kappa shape index (κ2) is 3.72. The lowest BCUT2D eigenvalue weighted by atomic mass is 10.2. The first-order chi connectivity index (χ1) is 5.33. The van der Waals surface area contributed by atoms with Gasteiger partial charge in [0.05, 0.1) is 12.1 Å². The summed E-state index contributed by atoms with van der Waals surface area (Å²) in [5.74, 6) is 2.28. The highest BCUT2D eigenvalue weighted by molar-refractivity contribution is 5.18. The van der Waals surface area contributed by atoms with E-state index in [-0.39, 0.29) is 0 Å². The highest BCUT2D eigenvalue weighted by atomic mass is 19.1. The van der Waals surface area contributed by atoms with Crippen molar-refractivity contribution in [2.24, 2.45) is 0 Å². The minimum absolute atomic E-state index is 0.358. The predicted molar refractivity (Wildman–Crippen MR) is 41.3 cm³/mol. The third kappa shape index (κ3) is 2.38. The van der Waals surface area contributed by atoms with E-state index in [1.54, 1.807) is 12.3 Å². The fourth-order valence-corrected chi connectivity index (χ4v) is 0.684. The summed E-state index contributed by atoms with van der Waals surface area (Å²) in [5, 5.41) is 0. The van der Waals surface area contributed by atoms with Gasteiger partial charge in [-0.05, 0) is 18.6 Å². The van der Waals surface area contributed by atoms with Crippen LogP contribution in [0.25, 0.3) is 0 Å². The molecule has 0 bridgehead atoms. The summed E-state index contributed by atoms with van der Waals surface area (Å²) in [5.41, 5.74) is 1.62. The SMILES string of the molecule is [CH2]c1ccc(CC#CF)nc1. The zero-order valence-corrected chi connectivity index (χ0v) is 5.97. The van der Waals surface area contributed by atoms with Crippen LogP contribution in [0.3, 0.4) is 0 Å². The van der Waals surface area contributed by atoms with Crippen LogP contribution >= 0.6 is 0 Å². The van der Waals surface area contributed by atoms with E-state index >= 15 is 0 Å². The molecule has 0 unspecified atom stereocenters. The maximum Gasteiger partial charge on any atom is 0.106 e. The number of halogens is 1. The Morgan fingerprint density at radius 3 is 2.91 bits per heavy atom. The van der Waals surface area contributed by atoms with Crippen molar-refractivity contribution < 1.29 is 4.39 Å². The topological polar surface area (TPSA) is 12.9 Å². The van der Waals surface area contributed by atoms with Gasteiger partial charge >= 0.3 is 0 Å². The first-order valence-corrected chi connectivity index (χ1v) is 3.18. The molecule has 0 aliphatic rings. The van der Waals surface area contributed by atoms with E-state index < -0.39 is 0 Å². The van der Waals surface area contributed by atoms with Gasteiger partial charge in [-0.3, -0.25) is 4.98 Å². The Morgan fingerprint density at radius 1 is 1.55 bits per heavy atom. The Kier molecular flexibility index (Phi) is 2.62. The van der Waals surface area contributed by atoms with Gasteiger partial charge < -0.3 is 0 Å². The predicted octanol–water partition coefficient (Wildman–Crippen LogP) is 1.74. The zero-order chi connectivity index (χ0) is 8.10. The average Bonchev–Trinajstić information content (AvgIpc) is 2.04. The van der Waals surface area contributed by atoms with Crippen molar-refractivity contribution >= 4 is 0 Å². The van der Waals surface area contributed by atoms with E-state index in [9.17, 15) is 4.39 Å². The van der Waals surface area contributed by atoms with E-state index in [0.717, 1.165) is 11.3 Å². The van der Waals surface area contributed by atoms with Crippen LogP contribution in [0.4, 0.5) is 4.39 Å². The fourth-order valence-electron chi connectivity index (χ4n) is 0.684. The summed E-state index contributed by atoms with van der Waals surface area (Å²) < 4.78 is 11.4. The molecule has 2 heteroatoms. The molecule has 0 fully saturated rings. The molecule has 1 aromatic heterocycles. The van der Waals surface area contributed by atoms with Crippen LogP contribution in [0.2, 0.25) is 0 Å². The van der Waals surface area contributed by atoms with E-state index in [4.69, 9.17) is 0 Å². The first kappa shape index (κ1) is 7.74. The fraction of sp³-hybridized carbons (Fsp3) is 0.111. The lowest BCUT2D eigenvalue weighted by molar-refractivity contribution is 0.771. The number of hydrogen-bond donors (Lipinski definition) is 0. The van der Waals surface area contributed by atoms with Crippen LogP contribution in [0.15, 0.2) is 18.3 Å². The lowest BCUT2D eigenvalue weighted by Gasteiger charge is -1.93. The molecule has 0 amide bonds.